The van der Waals surface area contributed by atoms with Crippen LogP contribution in [0.25, 0.3) is 0 Å². The van der Waals surface area contributed by atoms with Crippen LogP contribution in [0.5, 0.6) is 0 Å². The average molecular weight is 344 g/mol. The van der Waals surface area contributed by atoms with Gasteiger partial charge < -0.3 is 0 Å². The lowest BCUT2D eigenvalue weighted by Gasteiger charge is -2.30. The first kappa shape index (κ1) is 17.6. The van der Waals surface area contributed by atoms with E-state index in [1.807, 2.05) is 29.8 Å². The van der Waals surface area contributed by atoms with Gasteiger partial charge in [0.2, 0.25) is 0 Å². The van der Waals surface area contributed by atoms with Gasteiger partial charge in [0.05, 0.1) is 0 Å². The van der Waals surface area contributed by atoms with E-state index in [1.54, 1.807) is 0 Å². The highest BCUT2D eigenvalue weighted by Crippen LogP contribution is 2.24. The van der Waals surface area contributed by atoms with Crippen molar-refractivity contribution in [2.24, 2.45) is 0 Å². The maximum atomic E-state index is 4.29. The fourth-order valence-electron chi connectivity index (χ4n) is 3.83. The Labute approximate surface area is 150 Å². The van der Waals surface area contributed by atoms with Gasteiger partial charge in [-0.2, -0.15) is 0 Å². The SMILES string of the molecule is CCN1CCC[C@@H]1CN(Cc1cccnc1)Cc1cc(C)sc1C. The van der Waals surface area contributed by atoms with Crippen molar-refractivity contribution < 1.29 is 0 Å². The molecule has 3 nitrogen and oxygen atoms in total. The largest absolute Gasteiger partial charge is 0.299 e. The lowest BCUT2D eigenvalue weighted by Crippen LogP contribution is -2.39. The molecule has 1 saturated heterocycles. The van der Waals surface area contributed by atoms with E-state index in [0.717, 1.165) is 19.6 Å². The summed E-state index contributed by atoms with van der Waals surface area (Å²) < 4.78 is 0. The smallest absolute Gasteiger partial charge is 0.0312 e. The lowest BCUT2D eigenvalue weighted by atomic mass is 10.1. The van der Waals surface area contributed by atoms with Gasteiger partial charge in [-0.05, 0) is 63.0 Å². The van der Waals surface area contributed by atoms with Crippen LogP contribution in [-0.4, -0.2) is 40.5 Å². The van der Waals surface area contributed by atoms with E-state index in [9.17, 15) is 0 Å². The van der Waals surface area contributed by atoms with E-state index in [4.69, 9.17) is 0 Å². The van der Waals surface area contributed by atoms with E-state index in [1.165, 1.54) is 46.8 Å². The Morgan fingerprint density at radius 3 is 2.88 bits per heavy atom. The molecule has 0 N–H and O–H groups in total. The summed E-state index contributed by atoms with van der Waals surface area (Å²) in [6, 6.07) is 7.30. The normalized spacial score (nSPS) is 18.6. The van der Waals surface area contributed by atoms with Crippen molar-refractivity contribution in [2.45, 2.75) is 52.7 Å². The average Bonchev–Trinajstić information content (AvgIpc) is 3.14. The van der Waals surface area contributed by atoms with Crippen LogP contribution >= 0.6 is 11.3 Å². The molecule has 4 heteroatoms. The number of likely N-dealkylation sites (N-methyl/N-ethyl adjacent to an activating group) is 1. The van der Waals surface area contributed by atoms with Crippen molar-refractivity contribution in [3.8, 4) is 0 Å². The number of thiophene rings is 1. The molecule has 1 atom stereocenters. The zero-order chi connectivity index (χ0) is 16.9. The molecule has 0 saturated carbocycles. The number of pyridine rings is 1. The predicted octanol–water partition coefficient (Wildman–Crippen LogP) is 4.25. The number of aryl methyl sites for hydroxylation is 2. The van der Waals surface area contributed by atoms with E-state index in [-0.39, 0.29) is 0 Å². The molecule has 0 amide bonds. The van der Waals surface area contributed by atoms with Gasteiger partial charge in [-0.15, -0.1) is 11.3 Å². The van der Waals surface area contributed by atoms with Crippen molar-refractivity contribution in [1.82, 2.24) is 14.8 Å². The summed E-state index contributed by atoms with van der Waals surface area (Å²) in [7, 11) is 0. The van der Waals surface area contributed by atoms with Crippen molar-refractivity contribution >= 4 is 11.3 Å². The predicted molar refractivity (Wildman–Crippen MR) is 102 cm³/mol. The minimum Gasteiger partial charge on any atom is -0.299 e. The second-order valence-corrected chi connectivity index (χ2v) is 8.35. The molecule has 130 valence electrons. The molecule has 2 aromatic heterocycles. The van der Waals surface area contributed by atoms with E-state index < -0.39 is 0 Å². The Hall–Kier alpha value is -1.23. The molecule has 1 aliphatic heterocycles. The lowest BCUT2D eigenvalue weighted by molar-refractivity contribution is 0.166. The number of hydrogen-bond donors (Lipinski definition) is 0. The standard InChI is InChI=1S/C20H29N3S/c1-4-23-10-6-8-20(23)15-22(13-18-7-5-9-21-12-18)14-19-11-16(2)24-17(19)3/h5,7,9,11-12,20H,4,6,8,10,13-15H2,1-3H3/t20-/m1/s1. The summed E-state index contributed by atoms with van der Waals surface area (Å²) in [5.41, 5.74) is 2.80. The van der Waals surface area contributed by atoms with Gasteiger partial charge in [-0.25, -0.2) is 0 Å². The first-order valence-electron chi connectivity index (χ1n) is 9.07. The summed E-state index contributed by atoms with van der Waals surface area (Å²) in [6.07, 6.45) is 6.54. The summed E-state index contributed by atoms with van der Waals surface area (Å²) in [4.78, 5) is 12.4. The number of aromatic nitrogens is 1. The van der Waals surface area contributed by atoms with Gasteiger partial charge in [0, 0.05) is 47.8 Å². The minimum absolute atomic E-state index is 0.701. The third-order valence-electron chi connectivity index (χ3n) is 5.04. The van der Waals surface area contributed by atoms with Crippen LogP contribution in [0.4, 0.5) is 0 Å². The number of rotatable bonds is 7. The number of hydrogen-bond acceptors (Lipinski definition) is 4. The minimum atomic E-state index is 0.701. The van der Waals surface area contributed by atoms with Crippen LogP contribution in [-0.2, 0) is 13.1 Å². The van der Waals surface area contributed by atoms with E-state index >= 15 is 0 Å². The molecule has 0 unspecified atom stereocenters. The van der Waals surface area contributed by atoms with Crippen LogP contribution in [0, 0.1) is 13.8 Å². The quantitative estimate of drug-likeness (QED) is 0.749. The molecule has 0 radical (unpaired) electrons. The fraction of sp³-hybridized carbons (Fsp3) is 0.550. The Kier molecular flexibility index (Phi) is 6.04. The van der Waals surface area contributed by atoms with Crippen molar-refractivity contribution in [3.63, 3.8) is 0 Å². The third-order valence-corrected chi connectivity index (χ3v) is 6.05. The fourth-order valence-corrected chi connectivity index (χ4v) is 4.77. The molecule has 2 aromatic rings. The summed E-state index contributed by atoms with van der Waals surface area (Å²) in [5, 5.41) is 0. The monoisotopic (exact) mass is 343 g/mol. The van der Waals surface area contributed by atoms with Crippen LogP contribution in [0.15, 0.2) is 30.6 Å². The Balaban J connectivity index is 1.73. The second kappa shape index (κ2) is 8.24. The number of likely N-dealkylation sites (tertiary alicyclic amines) is 1. The topological polar surface area (TPSA) is 19.4 Å². The van der Waals surface area contributed by atoms with Gasteiger partial charge >= 0.3 is 0 Å². The molecule has 1 fully saturated rings. The highest BCUT2D eigenvalue weighted by molar-refractivity contribution is 7.12. The zero-order valence-electron chi connectivity index (χ0n) is 15.2. The molecular weight excluding hydrogens is 314 g/mol. The first-order valence-corrected chi connectivity index (χ1v) is 9.88. The highest BCUT2D eigenvalue weighted by atomic mass is 32.1. The van der Waals surface area contributed by atoms with Crippen molar-refractivity contribution in [3.05, 3.63) is 51.5 Å². The summed E-state index contributed by atoms with van der Waals surface area (Å²) in [5.74, 6) is 0. The van der Waals surface area contributed by atoms with Crippen LogP contribution in [0.2, 0.25) is 0 Å². The molecule has 0 spiro atoms. The molecule has 3 rings (SSSR count). The van der Waals surface area contributed by atoms with Crippen LogP contribution in [0.1, 0.15) is 40.6 Å². The molecule has 0 aliphatic carbocycles. The van der Waals surface area contributed by atoms with Crippen LogP contribution in [0.3, 0.4) is 0 Å². The molecule has 3 heterocycles. The number of nitrogens with zero attached hydrogens (tertiary/aromatic N) is 3. The van der Waals surface area contributed by atoms with Gasteiger partial charge in [0.1, 0.15) is 0 Å². The molecule has 1 aliphatic rings. The highest BCUT2D eigenvalue weighted by Gasteiger charge is 2.25. The van der Waals surface area contributed by atoms with E-state index in [2.05, 4.69) is 47.7 Å². The Bertz CT molecular complexity index is 638. The maximum absolute atomic E-state index is 4.29. The molecule has 0 aromatic carbocycles. The zero-order valence-corrected chi connectivity index (χ0v) is 16.0. The molecule has 24 heavy (non-hydrogen) atoms. The summed E-state index contributed by atoms with van der Waals surface area (Å²) in [6.45, 7) is 12.4. The van der Waals surface area contributed by atoms with Crippen molar-refractivity contribution in [2.75, 3.05) is 19.6 Å². The Morgan fingerprint density at radius 1 is 1.33 bits per heavy atom. The molecule has 0 bridgehead atoms. The van der Waals surface area contributed by atoms with Gasteiger partial charge in [-0.3, -0.25) is 14.8 Å². The maximum Gasteiger partial charge on any atom is 0.0312 e. The van der Waals surface area contributed by atoms with Gasteiger partial charge in [0.25, 0.3) is 0 Å². The van der Waals surface area contributed by atoms with Crippen molar-refractivity contribution in [1.29, 1.82) is 0 Å². The molecular formula is C20H29N3S. The van der Waals surface area contributed by atoms with Gasteiger partial charge in [0.15, 0.2) is 0 Å². The van der Waals surface area contributed by atoms with E-state index in [0.29, 0.717) is 6.04 Å². The second-order valence-electron chi connectivity index (χ2n) is 6.89. The third kappa shape index (κ3) is 4.44. The van der Waals surface area contributed by atoms with Crippen LogP contribution < -0.4 is 0 Å². The summed E-state index contributed by atoms with van der Waals surface area (Å²) >= 11 is 1.92. The Morgan fingerprint density at radius 2 is 2.21 bits per heavy atom. The first-order chi connectivity index (χ1) is 11.7. The van der Waals surface area contributed by atoms with Gasteiger partial charge in [-0.1, -0.05) is 13.0 Å².